The van der Waals surface area contributed by atoms with E-state index in [2.05, 4.69) is 52.6 Å². The van der Waals surface area contributed by atoms with E-state index in [4.69, 9.17) is 4.74 Å². The van der Waals surface area contributed by atoms with Crippen LogP contribution in [0.4, 0.5) is 0 Å². The molecule has 1 aromatic heterocycles. The molecule has 0 amide bonds. The van der Waals surface area contributed by atoms with E-state index in [-0.39, 0.29) is 17.5 Å². The van der Waals surface area contributed by atoms with E-state index in [0.717, 1.165) is 60.7 Å². The molecule has 0 aliphatic heterocycles. The number of hydrogen-bond donors (Lipinski definition) is 0. The number of carbonyl (C=O) groups excluding carboxylic acids is 1. The van der Waals surface area contributed by atoms with Gasteiger partial charge < -0.3 is 4.74 Å². The monoisotopic (exact) mass is 519 g/mol. The van der Waals surface area contributed by atoms with Crippen molar-refractivity contribution in [2.45, 2.75) is 118 Å². The molecule has 1 heterocycles. The van der Waals surface area contributed by atoms with Crippen LogP contribution in [0.1, 0.15) is 123 Å². The molecule has 210 valence electrons. The van der Waals surface area contributed by atoms with Gasteiger partial charge in [-0.25, -0.2) is 4.79 Å². The first-order valence-corrected chi connectivity index (χ1v) is 16.0. The summed E-state index contributed by atoms with van der Waals surface area (Å²) in [6.07, 6.45) is 20.1. The number of esters is 1. The molecule has 0 radical (unpaired) electrons. The van der Waals surface area contributed by atoms with Crippen LogP contribution in [0.3, 0.4) is 0 Å². The number of aromatic nitrogens is 1. The Bertz CT molecular complexity index is 1000. The SMILES string of the molecule is CC[C@H](CC(C)C)C[C@@H](C)[C@@H]1CC[C@@H]2[C@H]3CC=C4C[C@@H](OC(=O)c5cccnc5)CC[C@]4(C)[C@@H]3CC[C@@]21C. The summed E-state index contributed by atoms with van der Waals surface area (Å²) in [5.41, 5.74) is 2.95. The van der Waals surface area contributed by atoms with Crippen molar-refractivity contribution >= 4 is 5.97 Å². The molecule has 3 saturated carbocycles. The third kappa shape index (κ3) is 5.13. The lowest BCUT2D eigenvalue weighted by atomic mass is 9.47. The van der Waals surface area contributed by atoms with Gasteiger partial charge in [0, 0.05) is 18.8 Å². The largest absolute Gasteiger partial charge is 0.458 e. The van der Waals surface area contributed by atoms with Gasteiger partial charge in [0.2, 0.25) is 0 Å². The number of pyridine rings is 1. The minimum absolute atomic E-state index is 0.00139. The molecule has 3 heteroatoms. The molecule has 1 aromatic rings. The molecule has 4 aliphatic rings. The van der Waals surface area contributed by atoms with Gasteiger partial charge in [0.1, 0.15) is 6.10 Å². The van der Waals surface area contributed by atoms with Gasteiger partial charge in [-0.2, -0.15) is 0 Å². The average Bonchev–Trinajstić information content (AvgIpc) is 3.26. The highest BCUT2D eigenvalue weighted by Crippen LogP contribution is 2.67. The summed E-state index contributed by atoms with van der Waals surface area (Å²) < 4.78 is 5.98. The summed E-state index contributed by atoms with van der Waals surface area (Å²) in [5, 5.41) is 0. The van der Waals surface area contributed by atoms with E-state index in [1.807, 2.05) is 0 Å². The topological polar surface area (TPSA) is 39.2 Å². The van der Waals surface area contributed by atoms with E-state index in [1.54, 1.807) is 30.1 Å². The summed E-state index contributed by atoms with van der Waals surface area (Å²) in [6.45, 7) is 15.1. The molecule has 0 unspecified atom stereocenters. The molecular weight excluding hydrogens is 466 g/mol. The standard InChI is InChI=1S/C35H53NO2/c1-7-25(19-23(2)3)20-24(4)30-12-13-31-29-11-10-27-21-28(38-33(37)26-9-8-18-36-22-26)14-16-34(27,5)32(29)15-17-35(30,31)6/h8-10,18,22-25,28-32H,7,11-17,19-21H2,1-6H3/t24-,25-,28+,29-,30+,31-,32-,34+,35-/m1/s1. The highest BCUT2D eigenvalue weighted by atomic mass is 16.5. The number of fused-ring (bicyclic) bond motifs is 5. The van der Waals surface area contributed by atoms with Crippen molar-refractivity contribution in [3.8, 4) is 0 Å². The Labute approximate surface area is 232 Å². The van der Waals surface area contributed by atoms with Crippen molar-refractivity contribution in [3.63, 3.8) is 0 Å². The maximum atomic E-state index is 12.7. The number of rotatable bonds is 8. The molecule has 0 spiro atoms. The van der Waals surface area contributed by atoms with Crippen molar-refractivity contribution in [1.82, 2.24) is 4.98 Å². The van der Waals surface area contributed by atoms with Crippen LogP contribution >= 0.6 is 0 Å². The smallest absolute Gasteiger partial charge is 0.339 e. The van der Waals surface area contributed by atoms with E-state index >= 15 is 0 Å². The normalized spacial score (nSPS) is 38.0. The molecule has 3 nitrogen and oxygen atoms in total. The van der Waals surface area contributed by atoms with Gasteiger partial charge in [0.25, 0.3) is 0 Å². The first-order valence-electron chi connectivity index (χ1n) is 16.0. The predicted molar refractivity (Wildman–Crippen MR) is 156 cm³/mol. The molecule has 0 aromatic carbocycles. The number of allylic oxidation sites excluding steroid dienone is 1. The Balaban J connectivity index is 1.26. The van der Waals surface area contributed by atoms with Gasteiger partial charge in [0.05, 0.1) is 5.56 Å². The number of carbonyl (C=O) groups is 1. The molecule has 0 bridgehead atoms. The van der Waals surface area contributed by atoms with E-state index < -0.39 is 0 Å². The minimum atomic E-state index is -0.223. The van der Waals surface area contributed by atoms with Gasteiger partial charge in [0.15, 0.2) is 0 Å². The Kier molecular flexibility index (Phi) is 8.14. The second-order valence-electron chi connectivity index (χ2n) is 14.6. The van der Waals surface area contributed by atoms with Crippen LogP contribution in [0.25, 0.3) is 0 Å². The van der Waals surface area contributed by atoms with E-state index in [0.29, 0.717) is 11.0 Å². The van der Waals surface area contributed by atoms with Crippen molar-refractivity contribution in [1.29, 1.82) is 0 Å². The molecule has 38 heavy (non-hydrogen) atoms. The molecular formula is C35H53NO2. The predicted octanol–water partition coefficient (Wildman–Crippen LogP) is 9.28. The zero-order valence-corrected chi connectivity index (χ0v) is 25.0. The Morgan fingerprint density at radius 1 is 1.08 bits per heavy atom. The van der Waals surface area contributed by atoms with Crippen LogP contribution < -0.4 is 0 Å². The average molecular weight is 520 g/mol. The van der Waals surface area contributed by atoms with E-state index in [1.165, 1.54) is 51.4 Å². The van der Waals surface area contributed by atoms with Gasteiger partial charge in [-0.05, 0) is 122 Å². The quantitative estimate of drug-likeness (QED) is 0.254. The van der Waals surface area contributed by atoms with Crippen LogP contribution in [0.15, 0.2) is 36.2 Å². The van der Waals surface area contributed by atoms with Crippen molar-refractivity contribution in [2.24, 2.45) is 52.3 Å². The summed E-state index contributed by atoms with van der Waals surface area (Å²) in [6, 6.07) is 3.60. The maximum absolute atomic E-state index is 12.7. The minimum Gasteiger partial charge on any atom is -0.458 e. The van der Waals surface area contributed by atoms with Gasteiger partial charge in [-0.1, -0.05) is 59.6 Å². The third-order valence-corrected chi connectivity index (χ3v) is 12.1. The lowest BCUT2D eigenvalue weighted by Crippen LogP contribution is -2.51. The first kappa shape index (κ1) is 27.9. The Morgan fingerprint density at radius 3 is 2.61 bits per heavy atom. The van der Waals surface area contributed by atoms with Crippen molar-refractivity contribution in [2.75, 3.05) is 0 Å². The molecule has 3 fully saturated rings. The maximum Gasteiger partial charge on any atom is 0.339 e. The summed E-state index contributed by atoms with van der Waals surface area (Å²) in [4.78, 5) is 16.8. The van der Waals surface area contributed by atoms with E-state index in [9.17, 15) is 4.79 Å². The number of ether oxygens (including phenoxy) is 1. The Morgan fingerprint density at radius 2 is 1.89 bits per heavy atom. The third-order valence-electron chi connectivity index (χ3n) is 12.1. The van der Waals surface area contributed by atoms with Crippen LogP contribution in [-0.4, -0.2) is 17.1 Å². The van der Waals surface area contributed by atoms with Gasteiger partial charge in [-0.15, -0.1) is 0 Å². The fourth-order valence-electron chi connectivity index (χ4n) is 10.2. The van der Waals surface area contributed by atoms with Crippen molar-refractivity contribution in [3.05, 3.63) is 41.7 Å². The van der Waals surface area contributed by atoms with Crippen molar-refractivity contribution < 1.29 is 9.53 Å². The second-order valence-corrected chi connectivity index (χ2v) is 14.6. The summed E-state index contributed by atoms with van der Waals surface area (Å²) in [7, 11) is 0. The Hall–Kier alpha value is -1.64. The molecule has 9 atom stereocenters. The zero-order valence-electron chi connectivity index (χ0n) is 25.0. The lowest BCUT2D eigenvalue weighted by molar-refractivity contribution is -0.0602. The number of hydrogen-bond acceptors (Lipinski definition) is 3. The van der Waals surface area contributed by atoms with Crippen LogP contribution in [0.2, 0.25) is 0 Å². The molecule has 4 aliphatic carbocycles. The number of nitrogens with zero attached hydrogens (tertiary/aromatic N) is 1. The van der Waals surface area contributed by atoms with Gasteiger partial charge in [-0.3, -0.25) is 4.98 Å². The van der Waals surface area contributed by atoms with Crippen LogP contribution in [0, 0.1) is 52.3 Å². The van der Waals surface area contributed by atoms with Gasteiger partial charge >= 0.3 is 5.97 Å². The fraction of sp³-hybridized carbons (Fsp3) is 0.771. The highest BCUT2D eigenvalue weighted by Gasteiger charge is 2.59. The summed E-state index contributed by atoms with van der Waals surface area (Å²) in [5.74, 6) is 5.75. The lowest BCUT2D eigenvalue weighted by Gasteiger charge is -2.58. The molecule has 0 saturated heterocycles. The summed E-state index contributed by atoms with van der Waals surface area (Å²) >= 11 is 0. The highest BCUT2D eigenvalue weighted by molar-refractivity contribution is 5.89. The second kappa shape index (κ2) is 11.1. The fourth-order valence-corrected chi connectivity index (χ4v) is 10.2. The molecule has 0 N–H and O–H groups in total. The first-order chi connectivity index (χ1) is 18.2. The van der Waals surface area contributed by atoms with Crippen LogP contribution in [0.5, 0.6) is 0 Å². The van der Waals surface area contributed by atoms with Crippen LogP contribution in [-0.2, 0) is 4.74 Å². The zero-order chi connectivity index (χ0) is 27.1. The molecule has 5 rings (SSSR count).